The summed E-state index contributed by atoms with van der Waals surface area (Å²) >= 11 is 1.45. The highest BCUT2D eigenvalue weighted by Crippen LogP contribution is 2.23. The zero-order valence-corrected chi connectivity index (χ0v) is 13.2. The van der Waals surface area contributed by atoms with Crippen molar-refractivity contribution in [3.8, 4) is 0 Å². The van der Waals surface area contributed by atoms with Crippen LogP contribution in [0.1, 0.15) is 52.0 Å². The lowest BCUT2D eigenvalue weighted by atomic mass is 9.89. The summed E-state index contributed by atoms with van der Waals surface area (Å²) in [5.74, 6) is 1.19. The zero-order chi connectivity index (χ0) is 14.4. The van der Waals surface area contributed by atoms with E-state index in [-0.39, 0.29) is 5.91 Å². The molecule has 1 saturated carbocycles. The quantitative estimate of drug-likeness (QED) is 0.820. The minimum absolute atomic E-state index is 0.0962. The molecule has 6 heteroatoms. The summed E-state index contributed by atoms with van der Waals surface area (Å²) in [6, 6.07) is 0.317. The first-order chi connectivity index (χ1) is 9.66. The first-order valence-corrected chi connectivity index (χ1v) is 8.44. The third kappa shape index (κ3) is 4.51. The van der Waals surface area contributed by atoms with Crippen LogP contribution in [-0.4, -0.2) is 33.0 Å². The van der Waals surface area contributed by atoms with E-state index >= 15 is 0 Å². The minimum Gasteiger partial charge on any atom is -0.355 e. The summed E-state index contributed by atoms with van der Waals surface area (Å²) in [6.45, 7) is 4.99. The molecule has 0 radical (unpaired) electrons. The molecule has 0 bridgehead atoms. The number of nitrogens with zero attached hydrogens (tertiary/aromatic N) is 3. The summed E-state index contributed by atoms with van der Waals surface area (Å²) in [5, 5.41) is 11.8. The number of hydrogen-bond acceptors (Lipinski definition) is 4. The summed E-state index contributed by atoms with van der Waals surface area (Å²) in [4.78, 5) is 11.9. The first kappa shape index (κ1) is 15.4. The standard InChI is InChI=1S/C14H24N4OS/c1-11(2)18-10-16-17-14(18)20-9-13(19)15-8-12-6-4-3-5-7-12/h10-12H,3-9H2,1-2H3,(H,15,19). The van der Waals surface area contributed by atoms with Crippen LogP contribution in [0.2, 0.25) is 0 Å². The molecule has 1 heterocycles. The molecule has 20 heavy (non-hydrogen) atoms. The number of nitrogens with one attached hydrogen (secondary N) is 1. The molecule has 2 rings (SSSR count). The molecule has 5 nitrogen and oxygen atoms in total. The van der Waals surface area contributed by atoms with E-state index in [4.69, 9.17) is 0 Å². The van der Waals surface area contributed by atoms with Crippen LogP contribution in [0.25, 0.3) is 0 Å². The largest absolute Gasteiger partial charge is 0.355 e. The van der Waals surface area contributed by atoms with Gasteiger partial charge < -0.3 is 9.88 Å². The molecular weight excluding hydrogens is 272 g/mol. The molecular formula is C14H24N4OS. The Kier molecular flexibility index (Phi) is 5.88. The van der Waals surface area contributed by atoms with E-state index in [0.29, 0.717) is 17.7 Å². The number of aromatic nitrogens is 3. The first-order valence-electron chi connectivity index (χ1n) is 7.46. The topological polar surface area (TPSA) is 59.8 Å². The Morgan fingerprint density at radius 1 is 1.45 bits per heavy atom. The number of carbonyl (C=O) groups excluding carboxylic acids is 1. The fourth-order valence-corrected chi connectivity index (χ4v) is 3.39. The van der Waals surface area contributed by atoms with Crippen molar-refractivity contribution in [2.24, 2.45) is 5.92 Å². The van der Waals surface area contributed by atoms with Gasteiger partial charge in [0.05, 0.1) is 5.75 Å². The van der Waals surface area contributed by atoms with Crippen molar-refractivity contribution < 1.29 is 4.79 Å². The van der Waals surface area contributed by atoms with Crippen molar-refractivity contribution in [2.75, 3.05) is 12.3 Å². The third-order valence-corrected chi connectivity index (χ3v) is 4.70. The van der Waals surface area contributed by atoms with Gasteiger partial charge in [-0.2, -0.15) is 0 Å². The van der Waals surface area contributed by atoms with Crippen molar-refractivity contribution in [3.05, 3.63) is 6.33 Å². The third-order valence-electron chi connectivity index (χ3n) is 3.74. The number of hydrogen-bond donors (Lipinski definition) is 1. The normalized spacial score (nSPS) is 16.6. The molecule has 112 valence electrons. The monoisotopic (exact) mass is 296 g/mol. The highest BCUT2D eigenvalue weighted by atomic mass is 32.2. The van der Waals surface area contributed by atoms with E-state index in [2.05, 4.69) is 29.4 Å². The second-order valence-electron chi connectivity index (χ2n) is 5.71. The molecule has 1 aliphatic rings. The van der Waals surface area contributed by atoms with Crippen molar-refractivity contribution in [1.82, 2.24) is 20.1 Å². The maximum atomic E-state index is 11.9. The molecule has 0 spiro atoms. The van der Waals surface area contributed by atoms with Gasteiger partial charge in [0.2, 0.25) is 5.91 Å². The Morgan fingerprint density at radius 2 is 2.20 bits per heavy atom. The van der Waals surface area contributed by atoms with Crippen LogP contribution in [-0.2, 0) is 4.79 Å². The summed E-state index contributed by atoms with van der Waals surface area (Å²) < 4.78 is 1.99. The molecule has 1 aliphatic carbocycles. The van der Waals surface area contributed by atoms with Gasteiger partial charge in [-0.1, -0.05) is 31.0 Å². The Hall–Kier alpha value is -1.04. The van der Waals surface area contributed by atoms with Gasteiger partial charge in [0.25, 0.3) is 0 Å². The van der Waals surface area contributed by atoms with Crippen LogP contribution >= 0.6 is 11.8 Å². The van der Waals surface area contributed by atoms with Crippen molar-refractivity contribution in [3.63, 3.8) is 0 Å². The van der Waals surface area contributed by atoms with Gasteiger partial charge in [0.1, 0.15) is 6.33 Å². The number of amides is 1. The Labute approximate surface area is 124 Å². The van der Waals surface area contributed by atoms with Gasteiger partial charge in [0.15, 0.2) is 5.16 Å². The van der Waals surface area contributed by atoms with E-state index in [1.807, 2.05) is 4.57 Å². The van der Waals surface area contributed by atoms with Crippen molar-refractivity contribution in [1.29, 1.82) is 0 Å². The number of rotatable bonds is 6. The van der Waals surface area contributed by atoms with Crippen LogP contribution in [0.5, 0.6) is 0 Å². The molecule has 0 aliphatic heterocycles. The SMILES string of the molecule is CC(C)n1cnnc1SCC(=O)NCC1CCCCC1. The lowest BCUT2D eigenvalue weighted by Crippen LogP contribution is -2.31. The van der Waals surface area contributed by atoms with E-state index in [0.717, 1.165) is 11.7 Å². The van der Waals surface area contributed by atoms with Crippen LogP contribution in [0, 0.1) is 5.92 Å². The highest BCUT2D eigenvalue weighted by molar-refractivity contribution is 7.99. The van der Waals surface area contributed by atoms with Crippen molar-refractivity contribution in [2.45, 2.75) is 57.1 Å². The minimum atomic E-state index is 0.0962. The summed E-state index contributed by atoms with van der Waals surface area (Å²) in [5.41, 5.74) is 0. The van der Waals surface area contributed by atoms with E-state index in [1.54, 1.807) is 6.33 Å². The molecule has 0 unspecified atom stereocenters. The van der Waals surface area contributed by atoms with Gasteiger partial charge in [0, 0.05) is 12.6 Å². The Balaban J connectivity index is 1.70. The molecule has 1 aromatic rings. The van der Waals surface area contributed by atoms with E-state index in [9.17, 15) is 4.79 Å². The van der Waals surface area contributed by atoms with E-state index in [1.165, 1.54) is 43.9 Å². The Bertz CT molecular complexity index is 427. The molecule has 1 aromatic heterocycles. The van der Waals surface area contributed by atoms with E-state index < -0.39 is 0 Å². The number of thioether (sulfide) groups is 1. The second kappa shape index (κ2) is 7.67. The lowest BCUT2D eigenvalue weighted by Gasteiger charge is -2.21. The van der Waals surface area contributed by atoms with Crippen LogP contribution < -0.4 is 5.32 Å². The van der Waals surface area contributed by atoms with Crippen LogP contribution in [0.3, 0.4) is 0 Å². The maximum Gasteiger partial charge on any atom is 0.230 e. The molecule has 1 N–H and O–H groups in total. The van der Waals surface area contributed by atoms with Crippen molar-refractivity contribution >= 4 is 17.7 Å². The lowest BCUT2D eigenvalue weighted by molar-refractivity contribution is -0.118. The average molecular weight is 296 g/mol. The van der Waals surface area contributed by atoms with Crippen LogP contribution in [0.15, 0.2) is 11.5 Å². The fraction of sp³-hybridized carbons (Fsp3) is 0.786. The molecule has 0 saturated heterocycles. The molecule has 1 fully saturated rings. The predicted molar refractivity (Wildman–Crippen MR) is 80.7 cm³/mol. The average Bonchev–Trinajstić information content (AvgIpc) is 2.92. The predicted octanol–water partition coefficient (Wildman–Crippen LogP) is 2.65. The van der Waals surface area contributed by atoms with Gasteiger partial charge in [-0.05, 0) is 32.6 Å². The Morgan fingerprint density at radius 3 is 2.90 bits per heavy atom. The van der Waals surface area contributed by atoms with Gasteiger partial charge in [-0.15, -0.1) is 10.2 Å². The zero-order valence-electron chi connectivity index (χ0n) is 12.3. The molecule has 0 aromatic carbocycles. The highest BCUT2D eigenvalue weighted by Gasteiger charge is 2.15. The van der Waals surface area contributed by atoms with Crippen LogP contribution in [0.4, 0.5) is 0 Å². The smallest absolute Gasteiger partial charge is 0.230 e. The molecule has 0 atom stereocenters. The van der Waals surface area contributed by atoms with Gasteiger partial charge >= 0.3 is 0 Å². The van der Waals surface area contributed by atoms with Gasteiger partial charge in [-0.25, -0.2) is 0 Å². The van der Waals surface area contributed by atoms with Gasteiger partial charge in [-0.3, -0.25) is 4.79 Å². The summed E-state index contributed by atoms with van der Waals surface area (Å²) in [6.07, 6.45) is 8.21. The molecule has 1 amide bonds. The number of carbonyl (C=O) groups is 1. The fourth-order valence-electron chi connectivity index (χ4n) is 2.52. The maximum absolute atomic E-state index is 11.9. The second-order valence-corrected chi connectivity index (χ2v) is 6.65. The summed E-state index contributed by atoms with van der Waals surface area (Å²) in [7, 11) is 0.